The molecule has 2 heteroatoms. The molecule has 0 aromatic rings. The minimum Gasteiger partial charge on any atom is -0.0867 e. The third-order valence-electron chi connectivity index (χ3n) is 6.49. The van der Waals surface area contributed by atoms with Gasteiger partial charge in [-0.05, 0) is 64.2 Å². The largest absolute Gasteiger partial charge is 0.0867 e. The van der Waals surface area contributed by atoms with Crippen LogP contribution in [-0.4, -0.2) is 9.49 Å². The van der Waals surface area contributed by atoms with Crippen molar-refractivity contribution in [2.24, 2.45) is 10.8 Å². The first-order valence-electron chi connectivity index (χ1n) is 8.32. The highest BCUT2D eigenvalue weighted by atomic mass is 33.1. The molecule has 0 N–H and O–H groups in total. The normalized spacial score (nSPS) is 14.7. The van der Waals surface area contributed by atoms with Crippen LogP contribution in [0.3, 0.4) is 0 Å². The van der Waals surface area contributed by atoms with Crippen molar-refractivity contribution in [3.63, 3.8) is 0 Å². The summed E-state index contributed by atoms with van der Waals surface area (Å²) < 4.78 is 0.613. The van der Waals surface area contributed by atoms with Gasteiger partial charge in [0, 0.05) is 9.49 Å². The van der Waals surface area contributed by atoms with Crippen LogP contribution in [-0.2, 0) is 0 Å². The summed E-state index contributed by atoms with van der Waals surface area (Å²) in [4.78, 5) is 0. The Bertz CT molecular complexity index is 254. The second-order valence-electron chi connectivity index (χ2n) is 7.72. The standard InChI is InChI=1S/C18H38S2/c1-11-17(9,12-2)15(5,6)19-20-16(7,8)18(10,13-3)14-4/h11-14H2,1-10H3. The molecule has 0 aliphatic carbocycles. The molecule has 0 aromatic heterocycles. The van der Waals surface area contributed by atoms with E-state index in [0.717, 1.165) is 0 Å². The summed E-state index contributed by atoms with van der Waals surface area (Å²) in [5.41, 5.74) is 0.825. The molecule has 0 aliphatic rings. The van der Waals surface area contributed by atoms with Gasteiger partial charge in [0.2, 0.25) is 0 Å². The highest BCUT2D eigenvalue weighted by Gasteiger charge is 2.44. The van der Waals surface area contributed by atoms with Crippen LogP contribution in [0.2, 0.25) is 0 Å². The van der Waals surface area contributed by atoms with E-state index in [-0.39, 0.29) is 0 Å². The lowest BCUT2D eigenvalue weighted by atomic mass is 9.74. The Kier molecular flexibility index (Phi) is 7.57. The Labute approximate surface area is 137 Å². The van der Waals surface area contributed by atoms with Gasteiger partial charge < -0.3 is 0 Å². The van der Waals surface area contributed by atoms with Crippen LogP contribution in [0.25, 0.3) is 0 Å². The molecule has 0 spiro atoms. The minimum absolute atomic E-state index is 0.306. The third kappa shape index (κ3) is 4.12. The first kappa shape index (κ1) is 20.7. The molecule has 0 amide bonds. The van der Waals surface area contributed by atoms with Crippen LogP contribution >= 0.6 is 21.6 Å². The zero-order chi connectivity index (χ0) is 16.2. The van der Waals surface area contributed by atoms with Crippen molar-refractivity contribution in [2.75, 3.05) is 0 Å². The molecule has 0 nitrogen and oxygen atoms in total. The SMILES string of the molecule is CCC(C)(CC)C(C)(C)SSC(C)(C)C(C)(CC)CC. The van der Waals surface area contributed by atoms with Crippen LogP contribution in [0.4, 0.5) is 0 Å². The van der Waals surface area contributed by atoms with Crippen molar-refractivity contribution in [1.29, 1.82) is 0 Å². The zero-order valence-electron chi connectivity index (χ0n) is 15.6. The van der Waals surface area contributed by atoms with Gasteiger partial charge in [-0.25, -0.2) is 0 Å². The van der Waals surface area contributed by atoms with Gasteiger partial charge in [-0.2, -0.15) is 0 Å². The van der Waals surface area contributed by atoms with E-state index in [0.29, 0.717) is 20.3 Å². The predicted molar refractivity (Wildman–Crippen MR) is 101 cm³/mol. The molecular weight excluding hydrogens is 280 g/mol. The summed E-state index contributed by atoms with van der Waals surface area (Å²) in [6.45, 7) is 24.0. The molecule has 0 saturated heterocycles. The van der Waals surface area contributed by atoms with Gasteiger partial charge in [-0.3, -0.25) is 0 Å². The summed E-state index contributed by atoms with van der Waals surface area (Å²) in [5, 5.41) is 0. The van der Waals surface area contributed by atoms with E-state index < -0.39 is 0 Å². The van der Waals surface area contributed by atoms with E-state index in [9.17, 15) is 0 Å². The molecule has 0 aromatic carbocycles. The number of rotatable bonds is 9. The van der Waals surface area contributed by atoms with E-state index >= 15 is 0 Å². The molecular formula is C18H38S2. The average molecular weight is 319 g/mol. The van der Waals surface area contributed by atoms with Crippen molar-refractivity contribution in [3.05, 3.63) is 0 Å². The minimum atomic E-state index is 0.306. The van der Waals surface area contributed by atoms with E-state index in [2.05, 4.69) is 90.8 Å². The van der Waals surface area contributed by atoms with Gasteiger partial charge in [-0.1, -0.05) is 63.1 Å². The van der Waals surface area contributed by atoms with Gasteiger partial charge in [0.05, 0.1) is 0 Å². The Morgan fingerprint density at radius 1 is 0.500 bits per heavy atom. The van der Waals surface area contributed by atoms with Crippen LogP contribution in [0.1, 0.15) is 94.9 Å². The molecule has 0 radical (unpaired) electrons. The fourth-order valence-electron chi connectivity index (χ4n) is 2.61. The van der Waals surface area contributed by atoms with Gasteiger partial charge in [-0.15, -0.1) is 0 Å². The lowest BCUT2D eigenvalue weighted by molar-refractivity contribution is 0.227. The molecule has 0 rings (SSSR count). The zero-order valence-corrected chi connectivity index (χ0v) is 17.3. The molecule has 0 fully saturated rings. The lowest BCUT2D eigenvalue weighted by Gasteiger charge is -2.47. The summed E-state index contributed by atoms with van der Waals surface area (Å²) >= 11 is 0. The molecule has 0 aliphatic heterocycles. The van der Waals surface area contributed by atoms with Crippen LogP contribution < -0.4 is 0 Å². The van der Waals surface area contributed by atoms with E-state index in [1.807, 2.05) is 0 Å². The van der Waals surface area contributed by atoms with Crippen molar-refractivity contribution < 1.29 is 0 Å². The maximum absolute atomic E-state index is 2.45. The monoisotopic (exact) mass is 318 g/mol. The fraction of sp³-hybridized carbons (Fsp3) is 1.00. The molecule has 0 bridgehead atoms. The second-order valence-corrected chi connectivity index (χ2v) is 11.1. The molecule has 0 unspecified atom stereocenters. The predicted octanol–water partition coefficient (Wildman–Crippen LogP) is 7.58. The quantitative estimate of drug-likeness (QED) is 0.402. The van der Waals surface area contributed by atoms with Gasteiger partial charge >= 0.3 is 0 Å². The van der Waals surface area contributed by atoms with E-state index in [4.69, 9.17) is 0 Å². The van der Waals surface area contributed by atoms with Crippen molar-refractivity contribution >= 4 is 21.6 Å². The Morgan fingerprint density at radius 2 is 0.700 bits per heavy atom. The average Bonchev–Trinajstić information content (AvgIpc) is 2.43. The van der Waals surface area contributed by atoms with Crippen molar-refractivity contribution in [3.8, 4) is 0 Å². The lowest BCUT2D eigenvalue weighted by Crippen LogP contribution is -2.40. The Balaban J connectivity index is 5.00. The number of hydrogen-bond donors (Lipinski definition) is 0. The van der Waals surface area contributed by atoms with E-state index in [1.54, 1.807) is 0 Å². The first-order valence-corrected chi connectivity index (χ1v) is 10.5. The molecule has 0 heterocycles. The maximum Gasteiger partial charge on any atom is 0.0260 e. The Hall–Kier alpha value is 0.700. The third-order valence-corrected chi connectivity index (χ3v) is 11.1. The smallest absolute Gasteiger partial charge is 0.0260 e. The van der Waals surface area contributed by atoms with E-state index in [1.165, 1.54) is 25.7 Å². The van der Waals surface area contributed by atoms with Gasteiger partial charge in [0.25, 0.3) is 0 Å². The molecule has 122 valence electrons. The first-order chi connectivity index (χ1) is 8.95. The van der Waals surface area contributed by atoms with Crippen molar-refractivity contribution in [2.45, 2.75) is 104 Å². The summed E-state index contributed by atoms with van der Waals surface area (Å²) in [6, 6.07) is 0. The fourth-order valence-corrected chi connectivity index (χ4v) is 6.47. The number of hydrogen-bond acceptors (Lipinski definition) is 2. The maximum atomic E-state index is 2.45. The Morgan fingerprint density at radius 3 is 0.850 bits per heavy atom. The molecule has 0 atom stereocenters. The summed E-state index contributed by atoms with van der Waals surface area (Å²) in [6.07, 6.45) is 5.01. The molecule has 20 heavy (non-hydrogen) atoms. The highest BCUT2D eigenvalue weighted by molar-refractivity contribution is 8.77. The van der Waals surface area contributed by atoms with Crippen LogP contribution in [0, 0.1) is 10.8 Å². The van der Waals surface area contributed by atoms with Crippen LogP contribution in [0.5, 0.6) is 0 Å². The van der Waals surface area contributed by atoms with Crippen LogP contribution in [0.15, 0.2) is 0 Å². The highest BCUT2D eigenvalue weighted by Crippen LogP contribution is 2.58. The second kappa shape index (κ2) is 7.31. The molecule has 0 saturated carbocycles. The summed E-state index contributed by atoms with van der Waals surface area (Å²) in [7, 11) is 4.23. The van der Waals surface area contributed by atoms with Crippen molar-refractivity contribution in [1.82, 2.24) is 0 Å². The summed E-state index contributed by atoms with van der Waals surface area (Å²) in [5.74, 6) is 0. The van der Waals surface area contributed by atoms with Gasteiger partial charge in [0.1, 0.15) is 0 Å². The topological polar surface area (TPSA) is 0 Å². The van der Waals surface area contributed by atoms with Gasteiger partial charge in [0.15, 0.2) is 0 Å².